The molecule has 1 fully saturated rings. The van der Waals surface area contributed by atoms with Gasteiger partial charge in [-0.25, -0.2) is 5.01 Å². The highest BCUT2D eigenvalue weighted by molar-refractivity contribution is 5.79. The van der Waals surface area contributed by atoms with Crippen LogP contribution in [0.5, 0.6) is 0 Å². The zero-order valence-electron chi connectivity index (χ0n) is 8.16. The van der Waals surface area contributed by atoms with Gasteiger partial charge in [0.25, 0.3) is 0 Å². The topological polar surface area (TPSA) is 35.6 Å². The van der Waals surface area contributed by atoms with Crippen LogP contribution in [0.3, 0.4) is 0 Å². The Balaban J connectivity index is 2.58. The molecule has 0 aliphatic carbocycles. The highest BCUT2D eigenvalue weighted by Gasteiger charge is 2.33. The van der Waals surface area contributed by atoms with E-state index in [4.69, 9.17) is 0 Å². The Hall–Kier alpha value is -0.610. The van der Waals surface area contributed by atoms with Gasteiger partial charge in [0, 0.05) is 33.7 Å². The van der Waals surface area contributed by atoms with Gasteiger partial charge in [-0.15, -0.1) is 0 Å². The van der Waals surface area contributed by atoms with Crippen LogP contribution in [0.1, 0.15) is 6.92 Å². The van der Waals surface area contributed by atoms with Gasteiger partial charge in [0.05, 0.1) is 5.92 Å². The van der Waals surface area contributed by atoms with Gasteiger partial charge in [-0.2, -0.15) is 0 Å². The second kappa shape index (κ2) is 3.41. The van der Waals surface area contributed by atoms with E-state index in [1.807, 2.05) is 19.0 Å². The van der Waals surface area contributed by atoms with E-state index in [0.717, 1.165) is 6.54 Å². The second-order valence-corrected chi connectivity index (χ2v) is 3.64. The van der Waals surface area contributed by atoms with Crippen molar-refractivity contribution in [2.24, 2.45) is 5.92 Å². The first-order valence-electron chi connectivity index (χ1n) is 4.21. The molecule has 1 N–H and O–H groups in total. The molecule has 12 heavy (non-hydrogen) atoms. The minimum absolute atomic E-state index is 0.102. The minimum atomic E-state index is 0.102. The predicted molar refractivity (Wildman–Crippen MR) is 47.4 cm³/mol. The summed E-state index contributed by atoms with van der Waals surface area (Å²) in [6.45, 7) is 2.84. The summed E-state index contributed by atoms with van der Waals surface area (Å²) in [6, 6.07) is 0.255. The normalized spacial score (nSPS) is 30.7. The lowest BCUT2D eigenvalue weighted by atomic mass is 10.0. The Morgan fingerprint density at radius 3 is 2.50 bits per heavy atom. The monoisotopic (exact) mass is 171 g/mol. The average molecular weight is 171 g/mol. The Morgan fingerprint density at radius 1 is 1.58 bits per heavy atom. The molecule has 0 spiro atoms. The Kier molecular flexibility index (Phi) is 2.69. The third-order valence-corrected chi connectivity index (χ3v) is 2.26. The van der Waals surface area contributed by atoms with Crippen molar-refractivity contribution in [3.8, 4) is 0 Å². The van der Waals surface area contributed by atoms with E-state index in [-0.39, 0.29) is 17.9 Å². The van der Waals surface area contributed by atoms with Crippen molar-refractivity contribution < 1.29 is 4.79 Å². The zero-order valence-corrected chi connectivity index (χ0v) is 8.16. The molecule has 2 unspecified atom stereocenters. The molecule has 0 saturated carbocycles. The van der Waals surface area contributed by atoms with Crippen molar-refractivity contribution >= 4 is 5.91 Å². The molecule has 4 nitrogen and oxygen atoms in total. The van der Waals surface area contributed by atoms with Gasteiger partial charge in [0.1, 0.15) is 0 Å². The van der Waals surface area contributed by atoms with Gasteiger partial charge >= 0.3 is 0 Å². The SMILES string of the molecule is CC1NN(C)CC1C(=O)N(C)C. The number of rotatable bonds is 1. The van der Waals surface area contributed by atoms with Crippen LogP contribution in [0, 0.1) is 5.92 Å². The average Bonchev–Trinajstić information content (AvgIpc) is 2.28. The lowest BCUT2D eigenvalue weighted by Crippen LogP contribution is -2.37. The van der Waals surface area contributed by atoms with Crippen LogP contribution in [0.15, 0.2) is 0 Å². The van der Waals surface area contributed by atoms with Crippen LogP contribution in [0.25, 0.3) is 0 Å². The number of nitrogens with zero attached hydrogens (tertiary/aromatic N) is 2. The minimum Gasteiger partial charge on any atom is -0.348 e. The number of nitrogens with one attached hydrogen (secondary N) is 1. The van der Waals surface area contributed by atoms with E-state index in [2.05, 4.69) is 5.43 Å². The third kappa shape index (κ3) is 1.76. The highest BCUT2D eigenvalue weighted by Crippen LogP contribution is 2.14. The van der Waals surface area contributed by atoms with Crippen molar-refractivity contribution in [1.29, 1.82) is 0 Å². The van der Waals surface area contributed by atoms with E-state index in [1.165, 1.54) is 0 Å². The summed E-state index contributed by atoms with van der Waals surface area (Å²) >= 11 is 0. The molecule has 4 heteroatoms. The van der Waals surface area contributed by atoms with E-state index in [9.17, 15) is 4.79 Å². The van der Waals surface area contributed by atoms with Crippen molar-refractivity contribution in [1.82, 2.24) is 15.3 Å². The molecule has 1 heterocycles. The van der Waals surface area contributed by atoms with Crippen molar-refractivity contribution in [3.05, 3.63) is 0 Å². The zero-order chi connectivity index (χ0) is 9.30. The summed E-state index contributed by atoms with van der Waals surface area (Å²) in [6.07, 6.45) is 0. The fourth-order valence-electron chi connectivity index (χ4n) is 1.57. The largest absolute Gasteiger partial charge is 0.348 e. The van der Waals surface area contributed by atoms with E-state index in [1.54, 1.807) is 19.0 Å². The van der Waals surface area contributed by atoms with Crippen LogP contribution in [0.4, 0.5) is 0 Å². The molecule has 0 bridgehead atoms. The number of hydrazine groups is 1. The highest BCUT2D eigenvalue weighted by atomic mass is 16.2. The fourth-order valence-corrected chi connectivity index (χ4v) is 1.57. The maximum atomic E-state index is 11.6. The van der Waals surface area contributed by atoms with Crippen LogP contribution < -0.4 is 5.43 Å². The van der Waals surface area contributed by atoms with E-state index in [0.29, 0.717) is 0 Å². The lowest BCUT2D eigenvalue weighted by Gasteiger charge is -2.17. The molecule has 70 valence electrons. The molecule has 1 saturated heterocycles. The summed E-state index contributed by atoms with van der Waals surface area (Å²) < 4.78 is 0. The first kappa shape index (κ1) is 9.48. The molecule has 1 amide bonds. The lowest BCUT2D eigenvalue weighted by molar-refractivity contribution is -0.132. The molecule has 1 rings (SSSR count). The van der Waals surface area contributed by atoms with Gasteiger partial charge in [-0.1, -0.05) is 0 Å². The Labute approximate surface area is 73.5 Å². The molecular weight excluding hydrogens is 154 g/mol. The van der Waals surface area contributed by atoms with Gasteiger partial charge in [0.15, 0.2) is 0 Å². The molecule has 2 atom stereocenters. The molecule has 0 aromatic rings. The van der Waals surface area contributed by atoms with E-state index >= 15 is 0 Å². The number of hydrogen-bond acceptors (Lipinski definition) is 3. The molecule has 1 aliphatic heterocycles. The van der Waals surface area contributed by atoms with Crippen LogP contribution in [-0.2, 0) is 4.79 Å². The third-order valence-electron chi connectivity index (χ3n) is 2.26. The summed E-state index contributed by atoms with van der Waals surface area (Å²) in [5.74, 6) is 0.310. The smallest absolute Gasteiger partial charge is 0.228 e. The molecule has 0 radical (unpaired) electrons. The maximum absolute atomic E-state index is 11.6. The molecule has 0 aromatic carbocycles. The summed E-state index contributed by atoms with van der Waals surface area (Å²) in [4.78, 5) is 13.2. The van der Waals surface area contributed by atoms with Crippen LogP contribution >= 0.6 is 0 Å². The Morgan fingerprint density at radius 2 is 2.17 bits per heavy atom. The second-order valence-electron chi connectivity index (χ2n) is 3.64. The number of amides is 1. The quantitative estimate of drug-likeness (QED) is 0.579. The fraction of sp³-hybridized carbons (Fsp3) is 0.875. The number of carbonyl (C=O) groups excluding carboxylic acids is 1. The first-order chi connectivity index (χ1) is 5.52. The predicted octanol–water partition coefficient (Wildman–Crippen LogP) is -0.471. The molecule has 1 aliphatic rings. The standard InChI is InChI=1S/C8H17N3O/c1-6-7(5-11(4)9-6)8(12)10(2)3/h6-7,9H,5H2,1-4H3. The van der Waals surface area contributed by atoms with Gasteiger partial charge in [0.2, 0.25) is 5.91 Å². The maximum Gasteiger partial charge on any atom is 0.228 e. The van der Waals surface area contributed by atoms with Crippen LogP contribution in [-0.4, -0.2) is 49.5 Å². The summed E-state index contributed by atoms with van der Waals surface area (Å²) in [5.41, 5.74) is 3.19. The Bertz CT molecular complexity index is 181. The number of hydrogen-bond donors (Lipinski definition) is 1. The van der Waals surface area contributed by atoms with Gasteiger partial charge < -0.3 is 4.90 Å². The van der Waals surface area contributed by atoms with Crippen LogP contribution in [0.2, 0.25) is 0 Å². The molecular formula is C8H17N3O. The van der Waals surface area contributed by atoms with Crippen molar-refractivity contribution in [2.75, 3.05) is 27.7 Å². The summed E-state index contributed by atoms with van der Waals surface area (Å²) in [7, 11) is 5.56. The first-order valence-corrected chi connectivity index (χ1v) is 4.21. The van der Waals surface area contributed by atoms with Crippen molar-refractivity contribution in [3.63, 3.8) is 0 Å². The van der Waals surface area contributed by atoms with Crippen molar-refractivity contribution in [2.45, 2.75) is 13.0 Å². The summed E-state index contributed by atoms with van der Waals surface area (Å²) in [5, 5.41) is 1.97. The number of carbonyl (C=O) groups is 1. The molecule has 0 aromatic heterocycles. The van der Waals surface area contributed by atoms with E-state index < -0.39 is 0 Å². The van der Waals surface area contributed by atoms with Gasteiger partial charge in [-0.05, 0) is 6.92 Å². The van der Waals surface area contributed by atoms with Gasteiger partial charge in [-0.3, -0.25) is 10.2 Å².